The number of likely N-dealkylation sites (tertiary alicyclic amines) is 1. The minimum Gasteiger partial charge on any atom is -0.481 e. The lowest BCUT2D eigenvalue weighted by Gasteiger charge is -2.22. The molecule has 1 amide bonds. The zero-order chi connectivity index (χ0) is 11.7. The second-order valence-electron chi connectivity index (χ2n) is 4.71. The summed E-state index contributed by atoms with van der Waals surface area (Å²) >= 11 is 0. The van der Waals surface area contributed by atoms with Crippen LogP contribution in [-0.4, -0.2) is 46.2 Å². The number of carbonyl (C=O) groups excluding carboxylic acids is 1. The highest BCUT2D eigenvalue weighted by molar-refractivity contribution is 5.85. The molecule has 1 aliphatic carbocycles. The van der Waals surface area contributed by atoms with Crippen molar-refractivity contribution in [3.63, 3.8) is 0 Å². The van der Waals surface area contributed by atoms with E-state index in [2.05, 4.69) is 0 Å². The Kier molecular flexibility index (Phi) is 3.14. The first-order valence-corrected chi connectivity index (χ1v) is 5.79. The molecule has 5 nitrogen and oxygen atoms in total. The molecule has 0 aromatic carbocycles. The van der Waals surface area contributed by atoms with E-state index in [0.29, 0.717) is 32.4 Å². The number of nitrogens with zero attached hydrogens (tertiary/aromatic N) is 1. The summed E-state index contributed by atoms with van der Waals surface area (Å²) in [5.41, 5.74) is 0. The smallest absolute Gasteiger partial charge is 0.307 e. The van der Waals surface area contributed by atoms with Gasteiger partial charge in [-0.05, 0) is 19.3 Å². The van der Waals surface area contributed by atoms with Crippen molar-refractivity contribution in [3.8, 4) is 0 Å². The lowest BCUT2D eigenvalue weighted by atomic mass is 9.95. The maximum atomic E-state index is 12.1. The number of carboxylic acids is 1. The first kappa shape index (κ1) is 11.4. The molecule has 1 aliphatic heterocycles. The van der Waals surface area contributed by atoms with Crippen LogP contribution in [0.4, 0.5) is 0 Å². The molecule has 2 rings (SSSR count). The van der Waals surface area contributed by atoms with Gasteiger partial charge >= 0.3 is 5.97 Å². The molecule has 1 heterocycles. The summed E-state index contributed by atoms with van der Waals surface area (Å²) in [6, 6.07) is 0. The average molecular weight is 227 g/mol. The Morgan fingerprint density at radius 2 is 1.81 bits per heavy atom. The Hall–Kier alpha value is -1.10. The van der Waals surface area contributed by atoms with Gasteiger partial charge in [-0.15, -0.1) is 0 Å². The van der Waals surface area contributed by atoms with Crippen molar-refractivity contribution in [1.29, 1.82) is 0 Å². The molecule has 3 atom stereocenters. The van der Waals surface area contributed by atoms with Crippen molar-refractivity contribution in [2.45, 2.75) is 31.8 Å². The van der Waals surface area contributed by atoms with Gasteiger partial charge in [-0.1, -0.05) is 6.42 Å². The Balaban J connectivity index is 2.01. The fourth-order valence-electron chi connectivity index (χ4n) is 2.73. The number of β-amino-alcohol motifs (C(OH)–C–C–N with tert-alkyl or cyclic N) is 1. The number of carboxylic acid groups (broad SMARTS) is 1. The minimum atomic E-state index is -0.865. The normalized spacial score (nSPS) is 34.3. The largest absolute Gasteiger partial charge is 0.481 e. The summed E-state index contributed by atoms with van der Waals surface area (Å²) < 4.78 is 0. The highest BCUT2D eigenvalue weighted by atomic mass is 16.4. The second kappa shape index (κ2) is 4.41. The van der Waals surface area contributed by atoms with E-state index in [1.165, 1.54) is 0 Å². The molecule has 0 aromatic heterocycles. The standard InChI is InChI=1S/C11H17NO4/c13-7-4-5-12(6-7)10(14)8-2-1-3-9(8)11(15)16/h7-9,13H,1-6H2,(H,15,16)/t7-,8?,9?/m1/s1. The van der Waals surface area contributed by atoms with E-state index in [0.717, 1.165) is 6.42 Å². The van der Waals surface area contributed by atoms with Gasteiger partial charge in [0.05, 0.1) is 17.9 Å². The molecule has 2 aliphatic rings. The molecule has 1 saturated heterocycles. The van der Waals surface area contributed by atoms with Crippen molar-refractivity contribution in [2.24, 2.45) is 11.8 Å². The van der Waals surface area contributed by atoms with Gasteiger partial charge in [-0.2, -0.15) is 0 Å². The third-order valence-electron chi connectivity index (χ3n) is 3.63. The van der Waals surface area contributed by atoms with E-state index in [-0.39, 0.29) is 11.8 Å². The van der Waals surface area contributed by atoms with Crippen LogP contribution in [0.3, 0.4) is 0 Å². The van der Waals surface area contributed by atoms with Crippen LogP contribution in [0.1, 0.15) is 25.7 Å². The van der Waals surface area contributed by atoms with E-state index < -0.39 is 18.0 Å². The summed E-state index contributed by atoms with van der Waals surface area (Å²) in [6.45, 7) is 0.921. The molecule has 1 saturated carbocycles. The third kappa shape index (κ3) is 2.04. The van der Waals surface area contributed by atoms with Crippen molar-refractivity contribution < 1.29 is 19.8 Å². The van der Waals surface area contributed by atoms with Gasteiger partial charge in [0.2, 0.25) is 5.91 Å². The molecule has 0 spiro atoms. The number of hydrogen-bond donors (Lipinski definition) is 2. The summed E-state index contributed by atoms with van der Waals surface area (Å²) in [5.74, 6) is -1.84. The van der Waals surface area contributed by atoms with Crippen LogP contribution < -0.4 is 0 Å². The molecular formula is C11H17NO4. The van der Waals surface area contributed by atoms with Gasteiger partial charge in [0.25, 0.3) is 0 Å². The molecule has 0 aromatic rings. The number of aliphatic hydroxyl groups is 1. The van der Waals surface area contributed by atoms with E-state index in [1.54, 1.807) is 4.90 Å². The zero-order valence-electron chi connectivity index (χ0n) is 9.13. The van der Waals surface area contributed by atoms with Crippen LogP contribution in [-0.2, 0) is 9.59 Å². The molecule has 0 radical (unpaired) electrons. The number of carbonyl (C=O) groups is 2. The quantitative estimate of drug-likeness (QED) is 0.700. The average Bonchev–Trinajstić information content (AvgIpc) is 2.84. The van der Waals surface area contributed by atoms with Gasteiger partial charge in [0, 0.05) is 13.1 Å². The van der Waals surface area contributed by atoms with Crippen molar-refractivity contribution >= 4 is 11.9 Å². The molecule has 2 N–H and O–H groups in total. The maximum Gasteiger partial charge on any atom is 0.307 e. The minimum absolute atomic E-state index is 0.0820. The van der Waals surface area contributed by atoms with Gasteiger partial charge in [0.15, 0.2) is 0 Å². The van der Waals surface area contributed by atoms with Gasteiger partial charge in [-0.25, -0.2) is 0 Å². The first-order valence-electron chi connectivity index (χ1n) is 5.79. The lowest BCUT2D eigenvalue weighted by Crippen LogP contribution is -2.38. The number of aliphatic hydroxyl groups excluding tert-OH is 1. The highest BCUT2D eigenvalue weighted by Gasteiger charge is 2.40. The zero-order valence-corrected chi connectivity index (χ0v) is 9.13. The summed E-state index contributed by atoms with van der Waals surface area (Å²) in [6.07, 6.45) is 2.25. The molecule has 0 bridgehead atoms. The van der Waals surface area contributed by atoms with Crippen molar-refractivity contribution in [3.05, 3.63) is 0 Å². The number of hydrogen-bond acceptors (Lipinski definition) is 3. The first-order chi connectivity index (χ1) is 7.59. The molecule has 2 unspecified atom stereocenters. The second-order valence-corrected chi connectivity index (χ2v) is 4.71. The van der Waals surface area contributed by atoms with Crippen LogP contribution in [0.2, 0.25) is 0 Å². The molecule has 90 valence electrons. The Morgan fingerprint density at radius 1 is 1.12 bits per heavy atom. The van der Waals surface area contributed by atoms with Crippen LogP contribution in [0.5, 0.6) is 0 Å². The molecule has 16 heavy (non-hydrogen) atoms. The maximum absolute atomic E-state index is 12.1. The van der Waals surface area contributed by atoms with Crippen LogP contribution in [0.25, 0.3) is 0 Å². The fraction of sp³-hybridized carbons (Fsp3) is 0.818. The van der Waals surface area contributed by atoms with Crippen molar-refractivity contribution in [1.82, 2.24) is 4.90 Å². The number of aliphatic carboxylic acids is 1. The van der Waals surface area contributed by atoms with E-state index in [9.17, 15) is 14.7 Å². The summed E-state index contributed by atoms with van der Waals surface area (Å²) in [4.78, 5) is 24.6. The van der Waals surface area contributed by atoms with E-state index in [4.69, 9.17) is 5.11 Å². The fourth-order valence-corrected chi connectivity index (χ4v) is 2.73. The Bertz CT molecular complexity index is 304. The van der Waals surface area contributed by atoms with Gasteiger partial charge in [-0.3, -0.25) is 9.59 Å². The highest BCUT2D eigenvalue weighted by Crippen LogP contribution is 2.34. The van der Waals surface area contributed by atoms with Gasteiger partial charge < -0.3 is 15.1 Å². The summed E-state index contributed by atoms with van der Waals surface area (Å²) in [5, 5.41) is 18.4. The SMILES string of the molecule is O=C(O)C1CCCC1C(=O)N1CC[C@@H](O)C1. The Morgan fingerprint density at radius 3 is 2.38 bits per heavy atom. The Labute approximate surface area is 94.0 Å². The summed E-state index contributed by atoms with van der Waals surface area (Å²) in [7, 11) is 0. The topological polar surface area (TPSA) is 77.8 Å². The molecular weight excluding hydrogens is 210 g/mol. The van der Waals surface area contributed by atoms with E-state index in [1.807, 2.05) is 0 Å². The third-order valence-corrected chi connectivity index (χ3v) is 3.63. The number of amides is 1. The van der Waals surface area contributed by atoms with Gasteiger partial charge in [0.1, 0.15) is 0 Å². The predicted octanol–water partition coefficient (Wildman–Crippen LogP) is 0.0805. The van der Waals surface area contributed by atoms with E-state index >= 15 is 0 Å². The van der Waals surface area contributed by atoms with Crippen LogP contribution in [0.15, 0.2) is 0 Å². The predicted molar refractivity (Wildman–Crippen MR) is 55.7 cm³/mol. The lowest BCUT2D eigenvalue weighted by molar-refractivity contribution is -0.148. The number of rotatable bonds is 2. The monoisotopic (exact) mass is 227 g/mol. The van der Waals surface area contributed by atoms with Crippen molar-refractivity contribution in [2.75, 3.05) is 13.1 Å². The van der Waals surface area contributed by atoms with Crippen LogP contribution >= 0.6 is 0 Å². The molecule has 5 heteroatoms. The molecule has 2 fully saturated rings. The van der Waals surface area contributed by atoms with Crippen LogP contribution in [0, 0.1) is 11.8 Å².